The minimum atomic E-state index is 0.363. The van der Waals surface area contributed by atoms with Crippen LogP contribution >= 0.6 is 0 Å². The summed E-state index contributed by atoms with van der Waals surface area (Å²) in [4.78, 5) is 4.32. The lowest BCUT2D eigenvalue weighted by Crippen LogP contribution is -2.15. The van der Waals surface area contributed by atoms with E-state index in [0.29, 0.717) is 5.92 Å². The van der Waals surface area contributed by atoms with E-state index in [1.165, 1.54) is 0 Å². The molecule has 1 N–H and O–H groups in total. The summed E-state index contributed by atoms with van der Waals surface area (Å²) in [5, 5.41) is 3.09. The third-order valence-electron chi connectivity index (χ3n) is 2.70. The lowest BCUT2D eigenvalue weighted by atomic mass is 10.0. The van der Waals surface area contributed by atoms with Crippen molar-refractivity contribution in [3.63, 3.8) is 0 Å². The molecule has 2 rings (SSSR count). The van der Waals surface area contributed by atoms with Crippen molar-refractivity contribution in [2.45, 2.75) is 25.2 Å². The first-order valence-electron chi connectivity index (χ1n) is 5.57. The van der Waals surface area contributed by atoms with Gasteiger partial charge in [-0.05, 0) is 19.9 Å². The monoisotopic (exact) mass is 210 g/mol. The zero-order chi connectivity index (χ0) is 10.5. The summed E-state index contributed by atoms with van der Waals surface area (Å²) in [6.07, 6.45) is 4.98. The molecule has 4 heteroatoms. The van der Waals surface area contributed by atoms with Gasteiger partial charge in [-0.2, -0.15) is 0 Å². The molecule has 0 spiro atoms. The van der Waals surface area contributed by atoms with Gasteiger partial charge in [0.1, 0.15) is 5.76 Å². The summed E-state index contributed by atoms with van der Waals surface area (Å²) in [6.45, 7) is 2.56. The Morgan fingerprint density at radius 1 is 1.60 bits per heavy atom. The molecular formula is C11H18N2O2. The van der Waals surface area contributed by atoms with Crippen molar-refractivity contribution in [1.29, 1.82) is 0 Å². The minimum absolute atomic E-state index is 0.363. The lowest BCUT2D eigenvalue weighted by Gasteiger charge is -2.18. The van der Waals surface area contributed by atoms with E-state index >= 15 is 0 Å². The quantitative estimate of drug-likeness (QED) is 0.814. The molecule has 2 heterocycles. The molecule has 1 aromatic rings. The predicted molar refractivity (Wildman–Crippen MR) is 56.9 cm³/mol. The number of aromatic nitrogens is 1. The Morgan fingerprint density at radius 2 is 2.53 bits per heavy atom. The van der Waals surface area contributed by atoms with Crippen LogP contribution in [0.4, 0.5) is 0 Å². The Bertz CT molecular complexity index is 293. The zero-order valence-electron chi connectivity index (χ0n) is 9.16. The number of oxazole rings is 1. The number of ether oxygens (including phenoxy) is 1. The number of rotatable bonds is 4. The van der Waals surface area contributed by atoms with Gasteiger partial charge in [0.2, 0.25) is 0 Å². The van der Waals surface area contributed by atoms with Gasteiger partial charge in [0.25, 0.3) is 0 Å². The highest BCUT2D eigenvalue weighted by Crippen LogP contribution is 2.24. The largest absolute Gasteiger partial charge is 0.445 e. The molecule has 1 aliphatic heterocycles. The fraction of sp³-hybridized carbons (Fsp3) is 0.727. The van der Waals surface area contributed by atoms with Crippen molar-refractivity contribution in [1.82, 2.24) is 10.3 Å². The van der Waals surface area contributed by atoms with Gasteiger partial charge < -0.3 is 14.5 Å². The third kappa shape index (κ3) is 2.79. The summed E-state index contributed by atoms with van der Waals surface area (Å²) in [6, 6.07) is 0. The number of likely N-dealkylation sites (N-methyl/N-ethyl adjacent to an activating group) is 1. The van der Waals surface area contributed by atoms with Gasteiger partial charge >= 0.3 is 0 Å². The molecule has 0 aliphatic carbocycles. The van der Waals surface area contributed by atoms with Gasteiger partial charge in [0, 0.05) is 19.6 Å². The summed E-state index contributed by atoms with van der Waals surface area (Å²) in [5.74, 6) is 2.17. The van der Waals surface area contributed by atoms with E-state index in [9.17, 15) is 0 Å². The molecule has 4 nitrogen and oxygen atoms in total. The molecule has 0 radical (unpaired) electrons. The molecular weight excluding hydrogens is 192 g/mol. The zero-order valence-corrected chi connectivity index (χ0v) is 9.16. The van der Waals surface area contributed by atoms with Crippen molar-refractivity contribution in [2.24, 2.45) is 0 Å². The van der Waals surface area contributed by atoms with Crippen molar-refractivity contribution in [2.75, 3.05) is 26.8 Å². The van der Waals surface area contributed by atoms with Crippen LogP contribution in [0.2, 0.25) is 0 Å². The van der Waals surface area contributed by atoms with Crippen molar-refractivity contribution in [3.05, 3.63) is 17.8 Å². The summed E-state index contributed by atoms with van der Waals surface area (Å²) < 4.78 is 11.1. The van der Waals surface area contributed by atoms with Gasteiger partial charge in [-0.15, -0.1) is 0 Å². The van der Waals surface area contributed by atoms with Crippen LogP contribution in [0.5, 0.6) is 0 Å². The first-order chi connectivity index (χ1) is 7.40. The van der Waals surface area contributed by atoms with Crippen molar-refractivity contribution < 1.29 is 9.15 Å². The summed E-state index contributed by atoms with van der Waals surface area (Å²) in [7, 11) is 1.94. The van der Waals surface area contributed by atoms with E-state index in [1.54, 1.807) is 0 Å². The second kappa shape index (κ2) is 5.28. The molecule has 1 saturated heterocycles. The first-order valence-corrected chi connectivity index (χ1v) is 5.57. The van der Waals surface area contributed by atoms with E-state index in [4.69, 9.17) is 9.15 Å². The number of hydrogen-bond donors (Lipinski definition) is 1. The molecule has 15 heavy (non-hydrogen) atoms. The van der Waals surface area contributed by atoms with E-state index in [0.717, 1.165) is 50.7 Å². The van der Waals surface area contributed by atoms with E-state index in [-0.39, 0.29) is 0 Å². The average molecular weight is 210 g/mol. The van der Waals surface area contributed by atoms with Gasteiger partial charge in [0.05, 0.1) is 18.7 Å². The number of nitrogens with one attached hydrogen (secondary N) is 1. The maximum Gasteiger partial charge on any atom is 0.199 e. The van der Waals surface area contributed by atoms with Crippen molar-refractivity contribution >= 4 is 0 Å². The maximum atomic E-state index is 5.69. The van der Waals surface area contributed by atoms with Crippen LogP contribution in [0.3, 0.4) is 0 Å². The smallest absolute Gasteiger partial charge is 0.199 e. The lowest BCUT2D eigenvalue weighted by molar-refractivity contribution is 0.0722. The SMILES string of the molecule is CNCCc1cnc(C2CCCOC2)o1. The predicted octanol–water partition coefficient (Wildman–Crippen LogP) is 1.33. The number of nitrogens with zero attached hydrogens (tertiary/aromatic N) is 1. The second-order valence-electron chi connectivity index (χ2n) is 3.93. The summed E-state index contributed by atoms with van der Waals surface area (Å²) in [5.41, 5.74) is 0. The molecule has 0 amide bonds. The Hall–Kier alpha value is -0.870. The standard InChI is InChI=1S/C11H18N2O2/c1-12-5-4-10-7-13-11(15-10)9-3-2-6-14-8-9/h7,9,12H,2-6,8H2,1H3. The Kier molecular flexibility index (Phi) is 3.75. The van der Waals surface area contributed by atoms with Gasteiger partial charge in [-0.25, -0.2) is 4.98 Å². The van der Waals surface area contributed by atoms with E-state index < -0.39 is 0 Å². The fourth-order valence-electron chi connectivity index (χ4n) is 1.81. The van der Waals surface area contributed by atoms with Gasteiger partial charge in [-0.1, -0.05) is 0 Å². The molecule has 0 bridgehead atoms. The third-order valence-corrected chi connectivity index (χ3v) is 2.70. The van der Waals surface area contributed by atoms with E-state index in [2.05, 4.69) is 10.3 Å². The average Bonchev–Trinajstić information content (AvgIpc) is 2.76. The topological polar surface area (TPSA) is 47.3 Å². The van der Waals surface area contributed by atoms with Crippen LogP contribution in [0.15, 0.2) is 10.6 Å². The van der Waals surface area contributed by atoms with E-state index in [1.807, 2.05) is 13.2 Å². The molecule has 1 unspecified atom stereocenters. The van der Waals surface area contributed by atoms with Gasteiger partial charge in [-0.3, -0.25) is 0 Å². The van der Waals surface area contributed by atoms with Crippen molar-refractivity contribution in [3.8, 4) is 0 Å². The highest BCUT2D eigenvalue weighted by atomic mass is 16.5. The van der Waals surface area contributed by atoms with Gasteiger partial charge in [0.15, 0.2) is 5.89 Å². The second-order valence-corrected chi connectivity index (χ2v) is 3.93. The maximum absolute atomic E-state index is 5.69. The van der Waals surface area contributed by atoms with Crippen LogP contribution in [0, 0.1) is 0 Å². The van der Waals surface area contributed by atoms with Crippen LogP contribution in [-0.2, 0) is 11.2 Å². The Morgan fingerprint density at radius 3 is 3.27 bits per heavy atom. The molecule has 1 aromatic heterocycles. The highest BCUT2D eigenvalue weighted by molar-refractivity contribution is 5.00. The van der Waals surface area contributed by atoms with Crippen LogP contribution in [-0.4, -0.2) is 31.8 Å². The highest BCUT2D eigenvalue weighted by Gasteiger charge is 2.20. The molecule has 1 atom stereocenters. The first kappa shape index (κ1) is 10.6. The number of hydrogen-bond acceptors (Lipinski definition) is 4. The molecule has 0 aromatic carbocycles. The summed E-state index contributed by atoms with van der Waals surface area (Å²) >= 11 is 0. The Balaban J connectivity index is 1.93. The van der Waals surface area contributed by atoms with Crippen LogP contribution < -0.4 is 5.32 Å². The normalized spacial score (nSPS) is 21.8. The molecule has 84 valence electrons. The minimum Gasteiger partial charge on any atom is -0.445 e. The molecule has 1 aliphatic rings. The molecule has 1 fully saturated rings. The Labute approximate surface area is 90.0 Å². The van der Waals surface area contributed by atoms with Crippen LogP contribution in [0.1, 0.15) is 30.4 Å². The fourth-order valence-corrected chi connectivity index (χ4v) is 1.81. The van der Waals surface area contributed by atoms with Crippen LogP contribution in [0.25, 0.3) is 0 Å². The molecule has 0 saturated carbocycles.